The molecule has 3 aromatic heterocycles. The number of nitrogen functional groups attached to an aromatic ring is 1. The minimum atomic E-state index is 0.445. The fraction of sp³-hybridized carbons (Fsp3) is 0.0588. The van der Waals surface area contributed by atoms with Crippen LogP contribution < -0.4 is 5.73 Å². The number of aryl methyl sites for hydroxylation is 1. The molecule has 4 rings (SSSR count). The molecule has 0 saturated carbocycles. The lowest BCUT2D eigenvalue weighted by Crippen LogP contribution is -1.99. The van der Waals surface area contributed by atoms with Gasteiger partial charge in [0.15, 0.2) is 5.65 Å². The predicted molar refractivity (Wildman–Crippen MR) is 88.6 cm³/mol. The van der Waals surface area contributed by atoms with Gasteiger partial charge in [0, 0.05) is 17.3 Å². The largest absolute Gasteiger partial charge is 0.383 e. The first-order valence-electron chi connectivity index (χ1n) is 7.21. The number of pyridine rings is 1. The average Bonchev–Trinajstić information content (AvgIpc) is 3.04. The highest BCUT2D eigenvalue weighted by Crippen LogP contribution is 2.28. The molecule has 3 heterocycles. The fourth-order valence-corrected chi connectivity index (χ4v) is 2.46. The summed E-state index contributed by atoms with van der Waals surface area (Å²) in [6.45, 7) is 2.06. The Bertz CT molecular complexity index is 988. The summed E-state index contributed by atoms with van der Waals surface area (Å²) in [5.74, 6) is 0.445. The maximum absolute atomic E-state index is 6.05. The van der Waals surface area contributed by atoms with Crippen LogP contribution in [-0.2, 0) is 0 Å². The number of nitrogens with two attached hydrogens (primary N) is 1. The first-order valence-corrected chi connectivity index (χ1v) is 7.21. The highest BCUT2D eigenvalue weighted by Gasteiger charge is 2.10. The van der Waals surface area contributed by atoms with E-state index in [0.29, 0.717) is 11.5 Å². The summed E-state index contributed by atoms with van der Waals surface area (Å²) in [5, 5.41) is 12.3. The number of rotatable bonds is 2. The molecule has 0 spiro atoms. The van der Waals surface area contributed by atoms with Gasteiger partial charge in [-0.25, -0.2) is 4.98 Å². The van der Waals surface area contributed by atoms with E-state index in [1.54, 1.807) is 17.0 Å². The van der Waals surface area contributed by atoms with Gasteiger partial charge in [-0.1, -0.05) is 29.8 Å². The van der Waals surface area contributed by atoms with E-state index in [0.717, 1.165) is 22.4 Å². The molecule has 6 heteroatoms. The Morgan fingerprint density at radius 1 is 1.00 bits per heavy atom. The molecule has 23 heavy (non-hydrogen) atoms. The molecule has 0 radical (unpaired) electrons. The topological polar surface area (TPSA) is 82.0 Å². The van der Waals surface area contributed by atoms with Gasteiger partial charge in [0.05, 0.1) is 5.69 Å². The third kappa shape index (κ3) is 2.40. The van der Waals surface area contributed by atoms with Crippen molar-refractivity contribution in [3.05, 3.63) is 60.6 Å². The number of hydrogen-bond donors (Lipinski definition) is 1. The summed E-state index contributed by atoms with van der Waals surface area (Å²) in [5.41, 5.74) is 11.6. The zero-order chi connectivity index (χ0) is 15.8. The van der Waals surface area contributed by atoms with Gasteiger partial charge in [0.1, 0.15) is 12.1 Å². The SMILES string of the molecule is Cc1ccc(-c2cnc(N)c(-c3ccc4nncn4n3)c2)cc1. The van der Waals surface area contributed by atoms with E-state index < -0.39 is 0 Å². The van der Waals surface area contributed by atoms with E-state index in [-0.39, 0.29) is 0 Å². The quantitative estimate of drug-likeness (QED) is 0.615. The molecule has 0 bridgehead atoms. The first-order chi connectivity index (χ1) is 11.2. The fourth-order valence-electron chi connectivity index (χ4n) is 2.46. The molecule has 0 saturated heterocycles. The molecule has 0 aliphatic heterocycles. The molecular formula is C17H14N6. The zero-order valence-corrected chi connectivity index (χ0v) is 12.5. The van der Waals surface area contributed by atoms with Gasteiger partial charge in [-0.3, -0.25) is 0 Å². The second-order valence-corrected chi connectivity index (χ2v) is 5.38. The molecule has 4 aromatic rings. The van der Waals surface area contributed by atoms with E-state index >= 15 is 0 Å². The van der Waals surface area contributed by atoms with Gasteiger partial charge in [0.2, 0.25) is 0 Å². The standard InChI is InChI=1S/C17H14N6/c1-11-2-4-12(5-3-11)13-8-14(17(18)19-9-13)15-6-7-16-21-20-10-23(16)22-15/h2-10H,1H3,(H2,18,19). The number of fused-ring (bicyclic) bond motifs is 1. The Kier molecular flexibility index (Phi) is 3.01. The van der Waals surface area contributed by atoms with E-state index in [1.165, 1.54) is 5.56 Å². The lowest BCUT2D eigenvalue weighted by molar-refractivity contribution is 0.932. The van der Waals surface area contributed by atoms with Crippen molar-refractivity contribution in [3.63, 3.8) is 0 Å². The highest BCUT2D eigenvalue weighted by molar-refractivity contribution is 5.77. The van der Waals surface area contributed by atoms with Crippen molar-refractivity contribution in [2.24, 2.45) is 0 Å². The Labute approximate surface area is 132 Å². The Hall–Kier alpha value is -3.28. The third-order valence-electron chi connectivity index (χ3n) is 3.74. The molecule has 2 N–H and O–H groups in total. The number of hydrogen-bond acceptors (Lipinski definition) is 5. The number of anilines is 1. The second kappa shape index (κ2) is 5.17. The summed E-state index contributed by atoms with van der Waals surface area (Å²) in [4.78, 5) is 4.32. The van der Waals surface area contributed by atoms with Crippen molar-refractivity contribution in [3.8, 4) is 22.4 Å². The van der Waals surface area contributed by atoms with E-state index in [9.17, 15) is 0 Å². The van der Waals surface area contributed by atoms with Crippen LogP contribution in [0.15, 0.2) is 55.0 Å². The maximum Gasteiger partial charge on any atom is 0.177 e. The average molecular weight is 302 g/mol. The molecule has 0 aliphatic rings. The van der Waals surface area contributed by atoms with Crippen LogP contribution in [0.25, 0.3) is 28.0 Å². The third-order valence-corrected chi connectivity index (χ3v) is 3.74. The molecule has 0 fully saturated rings. The van der Waals surface area contributed by atoms with Gasteiger partial charge >= 0.3 is 0 Å². The van der Waals surface area contributed by atoms with Crippen molar-refractivity contribution in [1.29, 1.82) is 0 Å². The molecular weight excluding hydrogens is 288 g/mol. The van der Waals surface area contributed by atoms with Crippen LogP contribution in [0.1, 0.15) is 5.56 Å². The normalized spacial score (nSPS) is 11.0. The van der Waals surface area contributed by atoms with Gasteiger partial charge in [0.25, 0.3) is 0 Å². The Morgan fingerprint density at radius 2 is 1.83 bits per heavy atom. The molecule has 0 atom stereocenters. The van der Waals surface area contributed by atoms with Crippen molar-refractivity contribution in [1.82, 2.24) is 24.8 Å². The van der Waals surface area contributed by atoms with Gasteiger partial charge in [-0.05, 0) is 30.7 Å². The summed E-state index contributed by atoms with van der Waals surface area (Å²) in [7, 11) is 0. The molecule has 1 aromatic carbocycles. The lowest BCUT2D eigenvalue weighted by atomic mass is 10.0. The lowest BCUT2D eigenvalue weighted by Gasteiger charge is -2.08. The molecule has 0 amide bonds. The van der Waals surface area contributed by atoms with Crippen LogP contribution in [0.3, 0.4) is 0 Å². The minimum Gasteiger partial charge on any atom is -0.383 e. The maximum atomic E-state index is 6.05. The summed E-state index contributed by atoms with van der Waals surface area (Å²) < 4.78 is 1.62. The minimum absolute atomic E-state index is 0.445. The van der Waals surface area contributed by atoms with Crippen molar-refractivity contribution < 1.29 is 0 Å². The van der Waals surface area contributed by atoms with Crippen LogP contribution in [0.2, 0.25) is 0 Å². The number of aromatic nitrogens is 5. The van der Waals surface area contributed by atoms with E-state index in [2.05, 4.69) is 51.5 Å². The first kappa shape index (κ1) is 13.4. The molecule has 0 unspecified atom stereocenters. The Morgan fingerprint density at radius 3 is 2.65 bits per heavy atom. The van der Waals surface area contributed by atoms with E-state index in [4.69, 9.17) is 5.73 Å². The molecule has 0 aliphatic carbocycles. The van der Waals surface area contributed by atoms with Gasteiger partial charge in [-0.2, -0.15) is 9.61 Å². The van der Waals surface area contributed by atoms with Crippen molar-refractivity contribution in [2.45, 2.75) is 6.92 Å². The van der Waals surface area contributed by atoms with E-state index in [1.807, 2.05) is 18.2 Å². The van der Waals surface area contributed by atoms with Crippen LogP contribution in [0.4, 0.5) is 5.82 Å². The second-order valence-electron chi connectivity index (χ2n) is 5.38. The van der Waals surface area contributed by atoms with Gasteiger partial charge in [-0.15, -0.1) is 10.2 Å². The monoisotopic (exact) mass is 302 g/mol. The predicted octanol–water partition coefficient (Wildman–Crippen LogP) is 2.74. The number of nitrogens with zero attached hydrogens (tertiary/aromatic N) is 5. The number of benzene rings is 1. The summed E-state index contributed by atoms with van der Waals surface area (Å²) in [6, 6.07) is 14.0. The highest BCUT2D eigenvalue weighted by atomic mass is 15.3. The molecule has 6 nitrogen and oxygen atoms in total. The van der Waals surface area contributed by atoms with Crippen LogP contribution in [0.5, 0.6) is 0 Å². The van der Waals surface area contributed by atoms with Crippen molar-refractivity contribution in [2.75, 3.05) is 5.73 Å². The summed E-state index contributed by atoms with van der Waals surface area (Å²) in [6.07, 6.45) is 3.34. The smallest absolute Gasteiger partial charge is 0.177 e. The molecule has 112 valence electrons. The van der Waals surface area contributed by atoms with Gasteiger partial charge < -0.3 is 5.73 Å². The van der Waals surface area contributed by atoms with Crippen LogP contribution >= 0.6 is 0 Å². The zero-order valence-electron chi connectivity index (χ0n) is 12.5. The Balaban J connectivity index is 1.84. The van der Waals surface area contributed by atoms with Crippen LogP contribution in [-0.4, -0.2) is 24.8 Å². The van der Waals surface area contributed by atoms with Crippen LogP contribution in [0, 0.1) is 6.92 Å². The summed E-state index contributed by atoms with van der Waals surface area (Å²) >= 11 is 0. The van der Waals surface area contributed by atoms with Crippen molar-refractivity contribution >= 4 is 11.5 Å².